The number of para-hydroxylation sites is 1. The molecule has 1 amide bonds. The molecule has 2 saturated heterocycles. The molecule has 0 radical (unpaired) electrons. The smallest absolute Gasteiger partial charge is 0.260 e. The molecule has 19 heavy (non-hydrogen) atoms. The molecule has 0 bridgehead atoms. The van der Waals surface area contributed by atoms with Gasteiger partial charge in [-0.3, -0.25) is 4.79 Å². The van der Waals surface area contributed by atoms with Crippen LogP contribution in [0.4, 0.5) is 0 Å². The van der Waals surface area contributed by atoms with Gasteiger partial charge in [0.2, 0.25) is 0 Å². The molecule has 1 unspecified atom stereocenters. The van der Waals surface area contributed by atoms with Gasteiger partial charge in [-0.1, -0.05) is 18.2 Å². The number of amides is 1. The molecule has 0 aliphatic carbocycles. The van der Waals surface area contributed by atoms with Crippen LogP contribution >= 0.6 is 0 Å². The van der Waals surface area contributed by atoms with Gasteiger partial charge in [0.05, 0.1) is 0 Å². The number of carbonyl (C=O) groups is 1. The number of nitrogens with one attached hydrogen (secondary N) is 1. The Hall–Kier alpha value is -1.55. The van der Waals surface area contributed by atoms with Crippen molar-refractivity contribution in [2.24, 2.45) is 5.41 Å². The Balaban J connectivity index is 1.51. The number of hydrogen-bond acceptors (Lipinski definition) is 3. The summed E-state index contributed by atoms with van der Waals surface area (Å²) in [6.45, 7) is 4.04. The summed E-state index contributed by atoms with van der Waals surface area (Å²) in [7, 11) is 0. The van der Waals surface area contributed by atoms with E-state index < -0.39 is 0 Å². The average molecular weight is 260 g/mol. The molecular weight excluding hydrogens is 240 g/mol. The third-order valence-corrected chi connectivity index (χ3v) is 4.23. The van der Waals surface area contributed by atoms with Crippen LogP contribution in [0.1, 0.15) is 12.8 Å². The van der Waals surface area contributed by atoms with Gasteiger partial charge in [-0.25, -0.2) is 0 Å². The van der Waals surface area contributed by atoms with Crippen LogP contribution in [0.5, 0.6) is 5.75 Å². The van der Waals surface area contributed by atoms with Crippen LogP contribution in [0, 0.1) is 5.41 Å². The van der Waals surface area contributed by atoms with Gasteiger partial charge < -0.3 is 15.0 Å². The van der Waals surface area contributed by atoms with Crippen LogP contribution in [-0.2, 0) is 4.79 Å². The number of carbonyl (C=O) groups excluding carboxylic acids is 1. The second-order valence-corrected chi connectivity index (χ2v) is 5.59. The Morgan fingerprint density at radius 3 is 2.89 bits per heavy atom. The molecule has 2 aliphatic rings. The number of rotatable bonds is 3. The number of likely N-dealkylation sites (tertiary alicyclic amines) is 1. The van der Waals surface area contributed by atoms with Crippen LogP contribution in [0.2, 0.25) is 0 Å². The fourth-order valence-electron chi connectivity index (χ4n) is 3.04. The lowest BCUT2D eigenvalue weighted by molar-refractivity contribution is -0.132. The van der Waals surface area contributed by atoms with E-state index in [1.54, 1.807) is 0 Å². The highest BCUT2D eigenvalue weighted by molar-refractivity contribution is 5.78. The molecule has 0 aromatic heterocycles. The average Bonchev–Trinajstić information content (AvgIpc) is 3.08. The van der Waals surface area contributed by atoms with E-state index in [9.17, 15) is 4.79 Å². The zero-order valence-electron chi connectivity index (χ0n) is 11.1. The highest BCUT2D eigenvalue weighted by Gasteiger charge is 2.41. The summed E-state index contributed by atoms with van der Waals surface area (Å²) < 4.78 is 5.52. The number of ether oxygens (including phenoxy) is 1. The Morgan fingerprint density at radius 2 is 2.16 bits per heavy atom. The maximum atomic E-state index is 12.1. The van der Waals surface area contributed by atoms with E-state index in [4.69, 9.17) is 4.74 Å². The molecule has 1 spiro atoms. The van der Waals surface area contributed by atoms with Gasteiger partial charge in [0.1, 0.15) is 5.75 Å². The van der Waals surface area contributed by atoms with Crippen molar-refractivity contribution in [3.05, 3.63) is 30.3 Å². The third-order valence-electron chi connectivity index (χ3n) is 4.23. The summed E-state index contributed by atoms with van der Waals surface area (Å²) in [5, 5.41) is 3.40. The molecule has 3 rings (SSSR count). The van der Waals surface area contributed by atoms with Crippen molar-refractivity contribution in [3.63, 3.8) is 0 Å². The maximum Gasteiger partial charge on any atom is 0.260 e. The Kier molecular flexibility index (Phi) is 3.42. The predicted molar refractivity (Wildman–Crippen MR) is 73.1 cm³/mol. The normalized spacial score (nSPS) is 26.0. The third kappa shape index (κ3) is 2.73. The topological polar surface area (TPSA) is 41.6 Å². The number of benzene rings is 1. The lowest BCUT2D eigenvalue weighted by Crippen LogP contribution is -2.36. The van der Waals surface area contributed by atoms with Gasteiger partial charge in [-0.05, 0) is 31.5 Å². The molecule has 4 nitrogen and oxygen atoms in total. The first-order valence-electron chi connectivity index (χ1n) is 6.94. The van der Waals surface area contributed by atoms with Crippen LogP contribution in [-0.4, -0.2) is 43.6 Å². The molecule has 4 heteroatoms. The summed E-state index contributed by atoms with van der Waals surface area (Å²) in [5.41, 5.74) is 0.336. The van der Waals surface area contributed by atoms with Crippen molar-refractivity contribution < 1.29 is 9.53 Å². The van der Waals surface area contributed by atoms with Crippen LogP contribution in [0.3, 0.4) is 0 Å². The van der Waals surface area contributed by atoms with Crippen LogP contribution in [0.15, 0.2) is 30.3 Å². The van der Waals surface area contributed by atoms with E-state index in [0.717, 1.165) is 38.3 Å². The van der Waals surface area contributed by atoms with Gasteiger partial charge in [-0.2, -0.15) is 0 Å². The van der Waals surface area contributed by atoms with Crippen LogP contribution in [0.25, 0.3) is 0 Å². The van der Waals surface area contributed by atoms with Gasteiger partial charge in [0, 0.05) is 25.0 Å². The molecule has 2 heterocycles. The minimum atomic E-state index is 0.104. The summed E-state index contributed by atoms with van der Waals surface area (Å²) in [6, 6.07) is 9.51. The summed E-state index contributed by atoms with van der Waals surface area (Å²) >= 11 is 0. The minimum Gasteiger partial charge on any atom is -0.484 e. The number of nitrogens with zero attached hydrogens (tertiary/aromatic N) is 1. The highest BCUT2D eigenvalue weighted by Crippen LogP contribution is 2.35. The molecule has 1 aromatic rings. The molecule has 102 valence electrons. The van der Waals surface area contributed by atoms with Crippen LogP contribution < -0.4 is 10.1 Å². The first-order valence-corrected chi connectivity index (χ1v) is 6.94. The van der Waals surface area contributed by atoms with E-state index in [0.29, 0.717) is 5.41 Å². The zero-order valence-corrected chi connectivity index (χ0v) is 11.1. The van der Waals surface area contributed by atoms with E-state index in [1.165, 1.54) is 6.42 Å². The molecular formula is C15H20N2O2. The highest BCUT2D eigenvalue weighted by atomic mass is 16.5. The van der Waals surface area contributed by atoms with Crippen molar-refractivity contribution in [2.45, 2.75) is 12.8 Å². The first kappa shape index (κ1) is 12.5. The van der Waals surface area contributed by atoms with E-state index in [2.05, 4.69) is 5.32 Å². The molecule has 1 atom stereocenters. The Bertz CT molecular complexity index is 441. The van der Waals surface area contributed by atoms with Gasteiger partial charge in [0.25, 0.3) is 5.91 Å². The molecule has 1 aromatic carbocycles. The largest absolute Gasteiger partial charge is 0.484 e. The lowest BCUT2D eigenvalue weighted by atomic mass is 9.87. The van der Waals surface area contributed by atoms with E-state index in [1.807, 2.05) is 35.2 Å². The fraction of sp³-hybridized carbons (Fsp3) is 0.533. The molecule has 0 saturated carbocycles. The van der Waals surface area contributed by atoms with Crippen molar-refractivity contribution in [1.82, 2.24) is 10.2 Å². The summed E-state index contributed by atoms with van der Waals surface area (Å²) in [6.07, 6.45) is 2.31. The minimum absolute atomic E-state index is 0.104. The van der Waals surface area contributed by atoms with E-state index in [-0.39, 0.29) is 12.5 Å². The first-order chi connectivity index (χ1) is 9.27. The van der Waals surface area contributed by atoms with Gasteiger partial charge in [0.15, 0.2) is 6.61 Å². The quantitative estimate of drug-likeness (QED) is 0.890. The zero-order chi connectivity index (χ0) is 13.1. The predicted octanol–water partition coefficient (Wildman–Crippen LogP) is 1.28. The summed E-state index contributed by atoms with van der Waals surface area (Å²) in [5.74, 6) is 0.861. The van der Waals surface area contributed by atoms with Crippen molar-refractivity contribution in [3.8, 4) is 5.75 Å². The Labute approximate surface area is 113 Å². The van der Waals surface area contributed by atoms with Crippen molar-refractivity contribution >= 4 is 5.91 Å². The summed E-state index contributed by atoms with van der Waals surface area (Å²) in [4.78, 5) is 14.1. The standard InChI is InChI=1S/C15H20N2O2/c18-14(10-19-13-4-2-1-3-5-13)17-9-7-15(12-17)6-8-16-11-15/h1-5,16H,6-12H2. The molecule has 2 fully saturated rings. The van der Waals surface area contributed by atoms with Gasteiger partial charge >= 0.3 is 0 Å². The van der Waals surface area contributed by atoms with Gasteiger partial charge in [-0.15, -0.1) is 0 Å². The SMILES string of the molecule is O=C(COc1ccccc1)N1CCC2(CCNC2)C1. The number of hydrogen-bond donors (Lipinski definition) is 1. The molecule has 2 aliphatic heterocycles. The lowest BCUT2D eigenvalue weighted by Gasteiger charge is -2.22. The molecule has 1 N–H and O–H groups in total. The monoisotopic (exact) mass is 260 g/mol. The maximum absolute atomic E-state index is 12.1. The van der Waals surface area contributed by atoms with Crippen molar-refractivity contribution in [2.75, 3.05) is 32.8 Å². The second-order valence-electron chi connectivity index (χ2n) is 5.59. The second kappa shape index (κ2) is 5.21. The Morgan fingerprint density at radius 1 is 1.32 bits per heavy atom. The fourth-order valence-corrected chi connectivity index (χ4v) is 3.04. The van der Waals surface area contributed by atoms with E-state index >= 15 is 0 Å². The van der Waals surface area contributed by atoms with Crippen molar-refractivity contribution in [1.29, 1.82) is 0 Å².